The lowest BCUT2D eigenvalue weighted by molar-refractivity contribution is -0.114. The Bertz CT molecular complexity index is 392. The first-order chi connectivity index (χ1) is 7.90. The van der Waals surface area contributed by atoms with Crippen molar-refractivity contribution in [3.63, 3.8) is 0 Å². The molecule has 0 amide bonds. The van der Waals surface area contributed by atoms with Gasteiger partial charge in [0, 0.05) is 11.0 Å². The molecule has 1 aliphatic rings. The lowest BCUT2D eigenvalue weighted by Crippen LogP contribution is -2.38. The molecule has 0 aromatic carbocycles. The summed E-state index contributed by atoms with van der Waals surface area (Å²) in [5, 5.41) is -1.77. The quantitative estimate of drug-likeness (QED) is 0.593. The minimum atomic E-state index is -4.36. The highest BCUT2D eigenvalue weighted by atomic mass is 32.3. The van der Waals surface area contributed by atoms with E-state index in [9.17, 15) is 13.2 Å². The topological polar surface area (TPSA) is 71.4 Å². The van der Waals surface area contributed by atoms with Gasteiger partial charge in [-0.15, -0.1) is 35.3 Å². The molecule has 3 atom stereocenters. The Hall–Kier alpha value is 0.370. The van der Waals surface area contributed by atoms with Gasteiger partial charge in [-0.2, -0.15) is 8.42 Å². The number of thioether (sulfide) groups is 3. The van der Waals surface area contributed by atoms with Crippen molar-refractivity contribution in [1.29, 1.82) is 0 Å². The SMILES string of the molecule is C=CC(=O)C(C1CSC(SCC)S1)S(=O)(=O)O. The largest absolute Gasteiger partial charge is 0.293 e. The van der Waals surface area contributed by atoms with E-state index in [0.717, 1.165) is 11.8 Å². The zero-order chi connectivity index (χ0) is 13.1. The first-order valence-electron chi connectivity index (χ1n) is 4.91. The summed E-state index contributed by atoms with van der Waals surface area (Å²) in [6.07, 6.45) is 0.962. The van der Waals surface area contributed by atoms with Crippen LogP contribution < -0.4 is 0 Å². The van der Waals surface area contributed by atoms with E-state index in [1.165, 1.54) is 11.8 Å². The van der Waals surface area contributed by atoms with Gasteiger partial charge < -0.3 is 0 Å². The monoisotopic (exact) mass is 314 g/mol. The average molecular weight is 314 g/mol. The van der Waals surface area contributed by atoms with Gasteiger partial charge in [-0.1, -0.05) is 13.5 Å². The molecule has 3 unspecified atom stereocenters. The average Bonchev–Trinajstić information content (AvgIpc) is 2.64. The molecule has 1 saturated heterocycles. The fourth-order valence-electron chi connectivity index (χ4n) is 1.41. The minimum absolute atomic E-state index is 0.229. The normalized spacial score (nSPS) is 26.7. The van der Waals surface area contributed by atoms with Crippen molar-refractivity contribution in [3.05, 3.63) is 12.7 Å². The maximum Gasteiger partial charge on any atom is 0.276 e. The Kier molecular flexibility index (Phi) is 5.91. The van der Waals surface area contributed by atoms with E-state index in [4.69, 9.17) is 4.55 Å². The highest BCUT2D eigenvalue weighted by Gasteiger charge is 2.42. The van der Waals surface area contributed by atoms with E-state index in [2.05, 4.69) is 6.58 Å². The lowest BCUT2D eigenvalue weighted by atomic mass is 10.2. The van der Waals surface area contributed by atoms with Crippen LogP contribution in [0.25, 0.3) is 0 Å². The third-order valence-electron chi connectivity index (χ3n) is 2.13. The summed E-state index contributed by atoms with van der Waals surface area (Å²) in [5.74, 6) is 0.850. The summed E-state index contributed by atoms with van der Waals surface area (Å²) >= 11 is 4.75. The van der Waals surface area contributed by atoms with E-state index in [-0.39, 0.29) is 3.91 Å². The second kappa shape index (κ2) is 6.51. The van der Waals surface area contributed by atoms with Crippen LogP contribution in [0.1, 0.15) is 6.92 Å². The van der Waals surface area contributed by atoms with Crippen LogP contribution in [0.3, 0.4) is 0 Å². The number of hydrogen-bond acceptors (Lipinski definition) is 6. The van der Waals surface area contributed by atoms with Crippen molar-refractivity contribution in [2.75, 3.05) is 11.5 Å². The molecule has 1 N–H and O–H groups in total. The summed E-state index contributed by atoms with van der Waals surface area (Å²) in [7, 11) is -4.36. The third-order valence-corrected chi connectivity index (χ3v) is 8.45. The Balaban J connectivity index is 2.81. The highest BCUT2D eigenvalue weighted by molar-refractivity contribution is 8.34. The second-order valence-corrected chi connectivity index (χ2v) is 9.60. The van der Waals surface area contributed by atoms with Crippen LogP contribution in [0.2, 0.25) is 0 Å². The Morgan fingerprint density at radius 2 is 2.35 bits per heavy atom. The fraction of sp³-hybridized carbons (Fsp3) is 0.667. The summed E-state index contributed by atoms with van der Waals surface area (Å²) in [5.41, 5.74) is 0. The molecule has 0 aromatic rings. The summed E-state index contributed by atoms with van der Waals surface area (Å²) < 4.78 is 31.8. The van der Waals surface area contributed by atoms with Crippen molar-refractivity contribution < 1.29 is 17.8 Å². The predicted octanol–water partition coefficient (Wildman–Crippen LogP) is 1.88. The first-order valence-corrected chi connectivity index (χ1v) is 9.45. The Morgan fingerprint density at radius 3 is 2.82 bits per heavy atom. The van der Waals surface area contributed by atoms with Gasteiger partial charge in [0.1, 0.15) is 0 Å². The van der Waals surface area contributed by atoms with Crippen LogP contribution in [-0.2, 0) is 14.9 Å². The van der Waals surface area contributed by atoms with Crippen LogP contribution in [0, 0.1) is 0 Å². The number of allylic oxidation sites excluding steroid dienone is 1. The molecule has 0 bridgehead atoms. The Labute approximate surface area is 114 Å². The summed E-state index contributed by atoms with van der Waals surface area (Å²) in [6, 6.07) is 0. The standard InChI is InChI=1S/C9H14O4S4/c1-3-6(10)8(17(11,12)13)7-5-15-9(16-7)14-4-2/h3,7-9H,1,4-5H2,2H3,(H,11,12,13). The van der Waals surface area contributed by atoms with Gasteiger partial charge in [-0.25, -0.2) is 0 Å². The second-order valence-electron chi connectivity index (χ2n) is 3.29. The number of ketones is 1. The van der Waals surface area contributed by atoms with Gasteiger partial charge in [0.25, 0.3) is 10.1 Å². The fourth-order valence-corrected chi connectivity index (χ4v) is 8.10. The van der Waals surface area contributed by atoms with Gasteiger partial charge in [0.15, 0.2) is 11.0 Å². The molecular formula is C9H14O4S4. The molecule has 1 fully saturated rings. The zero-order valence-electron chi connectivity index (χ0n) is 9.24. The van der Waals surface area contributed by atoms with Crippen LogP contribution in [0.15, 0.2) is 12.7 Å². The Morgan fingerprint density at radius 1 is 1.71 bits per heavy atom. The number of carbonyl (C=O) groups excluding carboxylic acids is 1. The summed E-state index contributed by atoms with van der Waals surface area (Å²) in [6.45, 7) is 5.30. The van der Waals surface area contributed by atoms with Gasteiger partial charge >= 0.3 is 0 Å². The van der Waals surface area contributed by atoms with Crippen LogP contribution in [0.4, 0.5) is 0 Å². The van der Waals surface area contributed by atoms with Gasteiger partial charge in [0.05, 0.1) is 3.91 Å². The third kappa shape index (κ3) is 4.20. The molecule has 0 radical (unpaired) electrons. The molecule has 0 saturated carbocycles. The summed E-state index contributed by atoms with van der Waals surface area (Å²) in [4.78, 5) is 11.5. The number of rotatable bonds is 6. The van der Waals surface area contributed by atoms with Crippen molar-refractivity contribution in [2.24, 2.45) is 0 Å². The maximum absolute atomic E-state index is 11.5. The number of hydrogen-bond donors (Lipinski definition) is 1. The molecule has 17 heavy (non-hydrogen) atoms. The molecule has 1 aliphatic heterocycles. The molecule has 0 spiro atoms. The number of carbonyl (C=O) groups is 1. The van der Waals surface area contributed by atoms with Crippen LogP contribution >= 0.6 is 35.3 Å². The minimum Gasteiger partial charge on any atom is -0.293 e. The van der Waals surface area contributed by atoms with E-state index >= 15 is 0 Å². The zero-order valence-corrected chi connectivity index (χ0v) is 12.5. The first kappa shape index (κ1) is 15.4. The van der Waals surface area contributed by atoms with Crippen molar-refractivity contribution in [1.82, 2.24) is 0 Å². The highest BCUT2D eigenvalue weighted by Crippen LogP contribution is 2.46. The molecule has 0 aromatic heterocycles. The maximum atomic E-state index is 11.5. The predicted molar refractivity (Wildman–Crippen MR) is 76.3 cm³/mol. The van der Waals surface area contributed by atoms with E-state index < -0.39 is 26.4 Å². The van der Waals surface area contributed by atoms with Crippen molar-refractivity contribution >= 4 is 51.2 Å². The molecule has 4 nitrogen and oxygen atoms in total. The molecular weight excluding hydrogens is 300 g/mol. The van der Waals surface area contributed by atoms with Crippen molar-refractivity contribution in [2.45, 2.75) is 21.3 Å². The van der Waals surface area contributed by atoms with Crippen molar-refractivity contribution in [3.8, 4) is 0 Å². The van der Waals surface area contributed by atoms with Crippen LogP contribution in [-0.4, -0.2) is 44.7 Å². The molecule has 8 heteroatoms. The lowest BCUT2D eigenvalue weighted by Gasteiger charge is -2.16. The van der Waals surface area contributed by atoms with Gasteiger partial charge in [-0.3, -0.25) is 9.35 Å². The molecule has 98 valence electrons. The van der Waals surface area contributed by atoms with Gasteiger partial charge in [-0.05, 0) is 11.8 Å². The molecule has 1 heterocycles. The van der Waals surface area contributed by atoms with E-state index in [0.29, 0.717) is 5.75 Å². The van der Waals surface area contributed by atoms with E-state index in [1.807, 2.05) is 6.92 Å². The van der Waals surface area contributed by atoms with Crippen LogP contribution in [0.5, 0.6) is 0 Å². The van der Waals surface area contributed by atoms with E-state index in [1.54, 1.807) is 23.5 Å². The molecule has 1 rings (SSSR count). The van der Waals surface area contributed by atoms with Gasteiger partial charge in [0.2, 0.25) is 0 Å². The molecule has 0 aliphatic carbocycles. The smallest absolute Gasteiger partial charge is 0.276 e.